The standard InChI is InChI=1S/C11H16N2O3/c1-3-16-11(15)9(12)10(14)8-5-4-6-13-7(8)2/h4-6,9-10,14H,3,12H2,1-2H3/t9-,10+/m0/s1. The number of hydrogen-bond donors (Lipinski definition) is 2. The van der Waals surface area contributed by atoms with Gasteiger partial charge >= 0.3 is 5.97 Å². The highest BCUT2D eigenvalue weighted by Crippen LogP contribution is 2.18. The van der Waals surface area contributed by atoms with E-state index in [1.54, 1.807) is 32.2 Å². The van der Waals surface area contributed by atoms with Crippen LogP contribution in [-0.4, -0.2) is 28.7 Å². The maximum atomic E-state index is 11.3. The summed E-state index contributed by atoms with van der Waals surface area (Å²) in [5.41, 5.74) is 6.79. The van der Waals surface area contributed by atoms with Gasteiger partial charge in [0.05, 0.1) is 6.61 Å². The van der Waals surface area contributed by atoms with Crippen molar-refractivity contribution in [1.82, 2.24) is 4.98 Å². The van der Waals surface area contributed by atoms with E-state index in [2.05, 4.69) is 4.98 Å². The molecule has 0 amide bonds. The molecule has 1 aromatic heterocycles. The fourth-order valence-corrected chi connectivity index (χ4v) is 1.37. The zero-order chi connectivity index (χ0) is 12.1. The Labute approximate surface area is 94.2 Å². The van der Waals surface area contributed by atoms with E-state index in [1.807, 2.05) is 0 Å². The quantitative estimate of drug-likeness (QED) is 0.719. The monoisotopic (exact) mass is 224 g/mol. The Hall–Kier alpha value is -1.46. The van der Waals surface area contributed by atoms with Crippen molar-refractivity contribution >= 4 is 5.97 Å². The molecule has 5 nitrogen and oxygen atoms in total. The van der Waals surface area contributed by atoms with E-state index in [0.29, 0.717) is 11.3 Å². The first-order valence-corrected chi connectivity index (χ1v) is 5.09. The second-order valence-electron chi connectivity index (χ2n) is 3.40. The average molecular weight is 224 g/mol. The Balaban J connectivity index is 2.82. The summed E-state index contributed by atoms with van der Waals surface area (Å²) in [6, 6.07) is 2.29. The molecule has 0 unspecified atom stereocenters. The maximum Gasteiger partial charge on any atom is 0.325 e. The fraction of sp³-hybridized carbons (Fsp3) is 0.455. The summed E-state index contributed by atoms with van der Waals surface area (Å²) in [4.78, 5) is 15.4. The van der Waals surface area contributed by atoms with E-state index >= 15 is 0 Å². The third-order valence-electron chi connectivity index (χ3n) is 2.27. The molecule has 0 radical (unpaired) electrons. The Morgan fingerprint density at radius 2 is 2.38 bits per heavy atom. The van der Waals surface area contributed by atoms with Crippen molar-refractivity contribution in [2.45, 2.75) is 26.0 Å². The molecule has 88 valence electrons. The first kappa shape index (κ1) is 12.6. The van der Waals surface area contributed by atoms with Gasteiger partial charge in [0.2, 0.25) is 0 Å². The highest BCUT2D eigenvalue weighted by Gasteiger charge is 2.26. The summed E-state index contributed by atoms with van der Waals surface area (Å²) < 4.78 is 4.74. The zero-order valence-electron chi connectivity index (χ0n) is 9.38. The minimum atomic E-state index is -1.09. The average Bonchev–Trinajstić information content (AvgIpc) is 2.28. The Bertz CT molecular complexity index is 368. The molecule has 3 N–H and O–H groups in total. The van der Waals surface area contributed by atoms with Gasteiger partial charge in [0.1, 0.15) is 12.1 Å². The van der Waals surface area contributed by atoms with Crippen LogP contribution in [0.15, 0.2) is 18.3 Å². The van der Waals surface area contributed by atoms with Crippen molar-refractivity contribution in [3.8, 4) is 0 Å². The molecule has 1 rings (SSSR count). The Morgan fingerprint density at radius 1 is 1.69 bits per heavy atom. The number of nitrogens with two attached hydrogens (primary N) is 1. The lowest BCUT2D eigenvalue weighted by atomic mass is 10.0. The van der Waals surface area contributed by atoms with Crippen LogP contribution in [-0.2, 0) is 9.53 Å². The Kier molecular flexibility index (Phi) is 4.39. The number of aliphatic hydroxyl groups is 1. The number of aliphatic hydroxyl groups excluding tert-OH is 1. The predicted octanol–water partition coefficient (Wildman–Crippen LogP) is 0.314. The molecule has 0 saturated heterocycles. The van der Waals surface area contributed by atoms with Crippen LogP contribution < -0.4 is 5.73 Å². The number of carbonyl (C=O) groups is 1. The van der Waals surface area contributed by atoms with Gasteiger partial charge in [0, 0.05) is 17.5 Å². The number of pyridine rings is 1. The van der Waals surface area contributed by atoms with Crippen LogP contribution in [0.1, 0.15) is 24.3 Å². The van der Waals surface area contributed by atoms with Gasteiger partial charge < -0.3 is 15.6 Å². The number of hydrogen-bond acceptors (Lipinski definition) is 5. The van der Waals surface area contributed by atoms with E-state index < -0.39 is 18.1 Å². The van der Waals surface area contributed by atoms with Crippen molar-refractivity contribution in [2.24, 2.45) is 5.73 Å². The van der Waals surface area contributed by atoms with Crippen molar-refractivity contribution in [2.75, 3.05) is 6.61 Å². The number of aryl methyl sites for hydroxylation is 1. The Morgan fingerprint density at radius 3 is 2.94 bits per heavy atom. The van der Waals surface area contributed by atoms with E-state index in [4.69, 9.17) is 10.5 Å². The van der Waals surface area contributed by atoms with Gasteiger partial charge in [0.25, 0.3) is 0 Å². The molecular weight excluding hydrogens is 208 g/mol. The molecule has 1 aromatic rings. The smallest absolute Gasteiger partial charge is 0.325 e. The number of rotatable bonds is 4. The van der Waals surface area contributed by atoms with Gasteiger partial charge in [-0.2, -0.15) is 0 Å². The first-order valence-electron chi connectivity index (χ1n) is 5.09. The van der Waals surface area contributed by atoms with Crippen LogP contribution in [0.25, 0.3) is 0 Å². The minimum Gasteiger partial charge on any atom is -0.465 e. The summed E-state index contributed by atoms with van der Waals surface area (Å²) in [6.07, 6.45) is 0.522. The highest BCUT2D eigenvalue weighted by atomic mass is 16.5. The first-order chi connectivity index (χ1) is 7.57. The molecule has 0 aromatic carbocycles. The largest absolute Gasteiger partial charge is 0.465 e. The van der Waals surface area contributed by atoms with Gasteiger partial charge in [-0.15, -0.1) is 0 Å². The molecule has 0 aliphatic rings. The van der Waals surface area contributed by atoms with Gasteiger partial charge in [-0.1, -0.05) is 6.07 Å². The van der Waals surface area contributed by atoms with E-state index in [1.165, 1.54) is 0 Å². The van der Waals surface area contributed by atoms with Crippen LogP contribution in [0.2, 0.25) is 0 Å². The second-order valence-corrected chi connectivity index (χ2v) is 3.40. The minimum absolute atomic E-state index is 0.241. The van der Waals surface area contributed by atoms with Crippen molar-refractivity contribution in [3.63, 3.8) is 0 Å². The van der Waals surface area contributed by atoms with Crippen LogP contribution in [0.3, 0.4) is 0 Å². The lowest BCUT2D eigenvalue weighted by molar-refractivity contribution is -0.147. The number of ether oxygens (including phenoxy) is 1. The van der Waals surface area contributed by atoms with Gasteiger partial charge in [-0.05, 0) is 19.9 Å². The van der Waals surface area contributed by atoms with Gasteiger partial charge in [-0.25, -0.2) is 0 Å². The number of esters is 1. The van der Waals surface area contributed by atoms with Gasteiger partial charge in [0.15, 0.2) is 0 Å². The molecular formula is C11H16N2O3. The third-order valence-corrected chi connectivity index (χ3v) is 2.27. The summed E-state index contributed by atoms with van der Waals surface area (Å²) in [5, 5.41) is 9.90. The second kappa shape index (κ2) is 5.58. The fourth-order valence-electron chi connectivity index (χ4n) is 1.37. The number of carbonyl (C=O) groups excluding carboxylic acids is 1. The maximum absolute atomic E-state index is 11.3. The normalized spacial score (nSPS) is 14.2. The van der Waals surface area contributed by atoms with Crippen LogP contribution in [0.5, 0.6) is 0 Å². The van der Waals surface area contributed by atoms with Crippen molar-refractivity contribution < 1.29 is 14.6 Å². The van der Waals surface area contributed by atoms with Crippen LogP contribution in [0.4, 0.5) is 0 Å². The highest BCUT2D eigenvalue weighted by molar-refractivity contribution is 5.76. The molecule has 2 atom stereocenters. The topological polar surface area (TPSA) is 85.4 Å². The predicted molar refractivity (Wildman–Crippen MR) is 58.5 cm³/mol. The molecule has 0 fully saturated rings. The molecule has 16 heavy (non-hydrogen) atoms. The molecule has 1 heterocycles. The summed E-state index contributed by atoms with van der Waals surface area (Å²) in [7, 11) is 0. The van der Waals surface area contributed by atoms with E-state index in [0.717, 1.165) is 0 Å². The van der Waals surface area contributed by atoms with Gasteiger partial charge in [-0.3, -0.25) is 9.78 Å². The van der Waals surface area contributed by atoms with Crippen molar-refractivity contribution in [1.29, 1.82) is 0 Å². The molecule has 0 aliphatic carbocycles. The summed E-state index contributed by atoms with van der Waals surface area (Å²) in [5.74, 6) is -0.613. The SMILES string of the molecule is CCOC(=O)[C@@H](N)[C@H](O)c1cccnc1C. The molecule has 0 spiro atoms. The third kappa shape index (κ3) is 2.77. The molecule has 0 saturated carbocycles. The molecule has 0 aliphatic heterocycles. The van der Waals surface area contributed by atoms with Crippen LogP contribution in [0, 0.1) is 6.92 Å². The molecule has 5 heteroatoms. The van der Waals surface area contributed by atoms with E-state index in [-0.39, 0.29) is 6.61 Å². The number of nitrogens with zero attached hydrogens (tertiary/aromatic N) is 1. The summed E-state index contributed by atoms with van der Waals surface area (Å²) in [6.45, 7) is 3.67. The lowest BCUT2D eigenvalue weighted by Crippen LogP contribution is -2.38. The lowest BCUT2D eigenvalue weighted by Gasteiger charge is -2.18. The zero-order valence-corrected chi connectivity index (χ0v) is 9.38. The van der Waals surface area contributed by atoms with Crippen LogP contribution >= 0.6 is 0 Å². The van der Waals surface area contributed by atoms with E-state index in [9.17, 15) is 9.90 Å². The molecule has 0 bridgehead atoms. The number of aromatic nitrogens is 1. The van der Waals surface area contributed by atoms with Crippen molar-refractivity contribution in [3.05, 3.63) is 29.6 Å². The summed E-state index contributed by atoms with van der Waals surface area (Å²) >= 11 is 0.